The van der Waals surface area contributed by atoms with Gasteiger partial charge in [-0.25, -0.2) is 4.39 Å². The van der Waals surface area contributed by atoms with E-state index in [2.05, 4.69) is 15.9 Å². The fourth-order valence-electron chi connectivity index (χ4n) is 6.37. The van der Waals surface area contributed by atoms with Crippen molar-refractivity contribution in [3.8, 4) is 5.75 Å². The number of hydrogen-bond donors (Lipinski definition) is 3. The van der Waals surface area contributed by atoms with Crippen LogP contribution in [0.15, 0.2) is 75.8 Å². The minimum atomic E-state index is -1.79. The molecular formula is C28H20BBrFNO7. The van der Waals surface area contributed by atoms with Crippen LogP contribution in [0, 0.1) is 23.6 Å². The Morgan fingerprint density at radius 1 is 1.00 bits per heavy atom. The number of Topliss-reactive ketones (excluding diaryl/α,β-unsaturated/α-hetero) is 1. The van der Waals surface area contributed by atoms with Gasteiger partial charge in [0, 0.05) is 23.1 Å². The highest BCUT2D eigenvalue weighted by molar-refractivity contribution is 9.12. The summed E-state index contributed by atoms with van der Waals surface area (Å²) in [6.45, 7) is 0. The maximum Gasteiger partial charge on any atom is 0.488 e. The number of carbonyl (C=O) groups excluding carboxylic acids is 4. The SMILES string of the molecule is O=C1C=C(Br)C(=O)C2=C1C(c1ccc(O)c(F)c1)C1=CCC3C(=O)N(c4cccc(B(O)O)c4)C(=O)C3C1C2. The smallest absolute Gasteiger partial charge is 0.488 e. The fraction of sp³-hybridized carbons (Fsp3) is 0.214. The lowest BCUT2D eigenvalue weighted by molar-refractivity contribution is -0.123. The maximum atomic E-state index is 14.5. The number of hydrogen-bond acceptors (Lipinski definition) is 7. The van der Waals surface area contributed by atoms with Crippen molar-refractivity contribution in [2.75, 3.05) is 4.90 Å². The quantitative estimate of drug-likeness (QED) is 0.216. The Morgan fingerprint density at radius 3 is 2.49 bits per heavy atom. The zero-order chi connectivity index (χ0) is 27.7. The first kappa shape index (κ1) is 25.6. The zero-order valence-corrected chi connectivity index (χ0v) is 21.8. The number of fused-ring (bicyclic) bond motifs is 3. The van der Waals surface area contributed by atoms with Crippen LogP contribution in [0.2, 0.25) is 0 Å². The average Bonchev–Trinajstić information content (AvgIpc) is 3.17. The summed E-state index contributed by atoms with van der Waals surface area (Å²) < 4.78 is 14.6. The van der Waals surface area contributed by atoms with E-state index in [1.807, 2.05) is 0 Å². The van der Waals surface area contributed by atoms with Crippen LogP contribution in [-0.2, 0) is 19.2 Å². The Labute approximate surface area is 230 Å². The summed E-state index contributed by atoms with van der Waals surface area (Å²) in [7, 11) is -1.79. The van der Waals surface area contributed by atoms with Crippen LogP contribution in [-0.4, -0.2) is 45.7 Å². The zero-order valence-electron chi connectivity index (χ0n) is 20.2. The predicted octanol–water partition coefficient (Wildman–Crippen LogP) is 2.18. The van der Waals surface area contributed by atoms with Gasteiger partial charge in [0.05, 0.1) is 22.0 Å². The second-order valence-electron chi connectivity index (χ2n) is 10.1. The number of nitrogens with zero attached hydrogens (tertiary/aromatic N) is 1. The highest BCUT2D eigenvalue weighted by atomic mass is 79.9. The molecule has 196 valence electrons. The molecule has 11 heteroatoms. The molecule has 6 rings (SSSR count). The van der Waals surface area contributed by atoms with Crippen LogP contribution < -0.4 is 10.4 Å². The molecule has 0 radical (unpaired) electrons. The molecule has 2 aromatic carbocycles. The molecule has 2 amide bonds. The van der Waals surface area contributed by atoms with Crippen molar-refractivity contribution in [3.05, 3.63) is 87.2 Å². The molecule has 4 aliphatic rings. The average molecular weight is 592 g/mol. The molecule has 1 saturated heterocycles. The third-order valence-corrected chi connectivity index (χ3v) is 8.65. The standard InChI is InChI=1S/C28H20BBrFNO7/c30-19-11-22(34)25-18(26(19)35)10-17-15(23(25)12-4-7-21(33)20(31)8-12)5-6-16-24(17)28(37)32(27(16)36)14-3-1-2-13(9-14)29(38)39/h1-5,7-9,11,16-17,23-24,33,38-39H,6,10H2. The number of allylic oxidation sites excluding steroid dienone is 6. The van der Waals surface area contributed by atoms with Crippen LogP contribution in [0.4, 0.5) is 10.1 Å². The first-order valence-corrected chi connectivity index (χ1v) is 13.1. The maximum absolute atomic E-state index is 14.5. The number of ketones is 2. The van der Waals surface area contributed by atoms with E-state index in [-0.39, 0.29) is 39.6 Å². The number of carbonyl (C=O) groups is 4. The third-order valence-electron chi connectivity index (χ3n) is 8.06. The number of anilines is 1. The van der Waals surface area contributed by atoms with Gasteiger partial charge in [0.2, 0.25) is 11.8 Å². The normalized spacial score (nSPS) is 26.2. The van der Waals surface area contributed by atoms with E-state index < -0.39 is 65.7 Å². The van der Waals surface area contributed by atoms with Gasteiger partial charge in [0.1, 0.15) is 0 Å². The molecule has 2 aromatic rings. The van der Waals surface area contributed by atoms with Crippen LogP contribution in [0.25, 0.3) is 0 Å². The largest absolute Gasteiger partial charge is 0.505 e. The summed E-state index contributed by atoms with van der Waals surface area (Å²) in [4.78, 5) is 54.9. The van der Waals surface area contributed by atoms with Gasteiger partial charge in [-0.05, 0) is 70.0 Å². The molecule has 1 fully saturated rings. The third kappa shape index (κ3) is 3.87. The van der Waals surface area contributed by atoms with E-state index in [0.29, 0.717) is 11.1 Å². The minimum absolute atomic E-state index is 0.0508. The van der Waals surface area contributed by atoms with Crippen molar-refractivity contribution >= 4 is 57.6 Å². The number of rotatable bonds is 3. The molecule has 3 aliphatic carbocycles. The van der Waals surface area contributed by atoms with E-state index >= 15 is 0 Å². The summed E-state index contributed by atoms with van der Waals surface area (Å²) in [5.41, 5.74) is 1.72. The lowest BCUT2D eigenvalue weighted by Crippen LogP contribution is -2.39. The summed E-state index contributed by atoms with van der Waals surface area (Å²) in [5, 5.41) is 28.9. The van der Waals surface area contributed by atoms with Crippen molar-refractivity contribution in [3.63, 3.8) is 0 Å². The topological polar surface area (TPSA) is 132 Å². The summed E-state index contributed by atoms with van der Waals surface area (Å²) in [5.74, 6) is -6.22. The van der Waals surface area contributed by atoms with Gasteiger partial charge in [0.25, 0.3) is 0 Å². The van der Waals surface area contributed by atoms with E-state index in [0.717, 1.165) is 11.0 Å². The molecule has 0 aromatic heterocycles. The molecule has 0 bridgehead atoms. The van der Waals surface area contributed by atoms with Gasteiger partial charge in [0.15, 0.2) is 23.1 Å². The molecule has 4 atom stereocenters. The van der Waals surface area contributed by atoms with Crippen molar-refractivity contribution in [2.24, 2.45) is 17.8 Å². The van der Waals surface area contributed by atoms with E-state index in [1.165, 1.54) is 42.5 Å². The lowest BCUT2D eigenvalue weighted by atomic mass is 9.59. The summed E-state index contributed by atoms with van der Waals surface area (Å²) in [6, 6.07) is 9.64. The first-order chi connectivity index (χ1) is 18.6. The van der Waals surface area contributed by atoms with Gasteiger partial charge >= 0.3 is 7.12 Å². The Hall–Kier alpha value is -3.67. The predicted molar refractivity (Wildman–Crippen MR) is 141 cm³/mol. The molecule has 39 heavy (non-hydrogen) atoms. The minimum Gasteiger partial charge on any atom is -0.505 e. The van der Waals surface area contributed by atoms with Gasteiger partial charge in [-0.15, -0.1) is 0 Å². The fourth-order valence-corrected chi connectivity index (χ4v) is 6.81. The molecule has 0 spiro atoms. The number of amides is 2. The van der Waals surface area contributed by atoms with Gasteiger partial charge in [-0.2, -0.15) is 0 Å². The number of aromatic hydroxyl groups is 1. The molecule has 1 aliphatic heterocycles. The number of benzene rings is 2. The second-order valence-corrected chi connectivity index (χ2v) is 10.9. The van der Waals surface area contributed by atoms with Crippen LogP contribution >= 0.6 is 15.9 Å². The number of phenols is 1. The monoisotopic (exact) mass is 591 g/mol. The van der Waals surface area contributed by atoms with Crippen LogP contribution in [0.3, 0.4) is 0 Å². The highest BCUT2D eigenvalue weighted by Crippen LogP contribution is 2.55. The molecular weight excluding hydrogens is 572 g/mol. The summed E-state index contributed by atoms with van der Waals surface area (Å²) >= 11 is 3.16. The number of halogens is 2. The Kier molecular flexibility index (Phi) is 6.05. The van der Waals surface area contributed by atoms with Crippen LogP contribution in [0.5, 0.6) is 5.75 Å². The highest BCUT2D eigenvalue weighted by Gasteiger charge is 2.56. The molecule has 1 heterocycles. The number of phenolic OH excluding ortho intramolecular Hbond substituents is 1. The molecule has 8 nitrogen and oxygen atoms in total. The van der Waals surface area contributed by atoms with Gasteiger partial charge < -0.3 is 15.2 Å². The Balaban J connectivity index is 1.47. The van der Waals surface area contributed by atoms with E-state index in [1.54, 1.807) is 6.08 Å². The van der Waals surface area contributed by atoms with E-state index in [9.17, 15) is 38.7 Å². The van der Waals surface area contributed by atoms with E-state index in [4.69, 9.17) is 0 Å². The van der Waals surface area contributed by atoms with Gasteiger partial charge in [-0.3, -0.25) is 24.1 Å². The molecule has 4 unspecified atom stereocenters. The molecule has 3 N–H and O–H groups in total. The summed E-state index contributed by atoms with van der Waals surface area (Å²) in [6.07, 6.45) is 3.24. The van der Waals surface area contributed by atoms with Gasteiger partial charge in [-0.1, -0.05) is 29.8 Å². The first-order valence-electron chi connectivity index (χ1n) is 12.3. The second kappa shape index (κ2) is 9.22. The Bertz CT molecular complexity index is 1600. The molecule has 0 saturated carbocycles. The Morgan fingerprint density at radius 2 is 1.77 bits per heavy atom. The van der Waals surface area contributed by atoms with Crippen LogP contribution in [0.1, 0.15) is 24.3 Å². The lowest BCUT2D eigenvalue weighted by Gasteiger charge is -2.42. The van der Waals surface area contributed by atoms with Crippen molar-refractivity contribution < 1.29 is 38.7 Å². The number of imide groups is 1. The van der Waals surface area contributed by atoms with Crippen molar-refractivity contribution in [2.45, 2.75) is 18.8 Å². The van der Waals surface area contributed by atoms with Crippen molar-refractivity contribution in [1.82, 2.24) is 0 Å². The van der Waals surface area contributed by atoms with Crippen molar-refractivity contribution in [1.29, 1.82) is 0 Å².